The average molecular weight is 572 g/mol. The first kappa shape index (κ1) is 33.0. The molecule has 2 aromatic rings. The van der Waals surface area contributed by atoms with Gasteiger partial charge in [0.15, 0.2) is 14.4 Å². The number of aliphatic hydroxyl groups is 1. The number of aliphatic hydroxyl groups excluding tert-OH is 1. The lowest BCUT2D eigenvalue weighted by molar-refractivity contribution is -0.132. The van der Waals surface area contributed by atoms with E-state index in [1.54, 1.807) is 0 Å². The van der Waals surface area contributed by atoms with Crippen molar-refractivity contribution in [1.82, 2.24) is 16.0 Å². The van der Waals surface area contributed by atoms with E-state index in [1.165, 1.54) is 6.92 Å². The van der Waals surface area contributed by atoms with Gasteiger partial charge in [-0.05, 0) is 49.0 Å². The van der Waals surface area contributed by atoms with Gasteiger partial charge < -0.3 is 30.2 Å². The van der Waals surface area contributed by atoms with Crippen LogP contribution in [0.3, 0.4) is 0 Å². The average Bonchev–Trinajstić information content (AvgIpc) is 2.91. The zero-order valence-corrected chi connectivity index (χ0v) is 25.5. The van der Waals surface area contributed by atoms with Crippen molar-refractivity contribution >= 4 is 26.2 Å². The Balaban J connectivity index is 1.97. The number of alkyl carbamates (subject to hydrolysis) is 1. The second-order valence-corrected chi connectivity index (χ2v) is 16.2. The van der Waals surface area contributed by atoms with Gasteiger partial charge in [-0.2, -0.15) is 0 Å². The molecule has 9 nitrogen and oxygen atoms in total. The first-order valence-electron chi connectivity index (χ1n) is 13.7. The molecular formula is C30H45N3O6Si. The molecule has 4 N–H and O–H groups in total. The maximum Gasteiger partial charge on any atom is 0.408 e. The molecule has 220 valence electrons. The Morgan fingerprint density at radius 3 is 2.05 bits per heavy atom. The molecule has 0 fully saturated rings. The van der Waals surface area contributed by atoms with Crippen LogP contribution in [0.2, 0.25) is 18.1 Å². The van der Waals surface area contributed by atoms with E-state index in [-0.39, 0.29) is 24.7 Å². The minimum Gasteiger partial charge on any atom is -0.445 e. The van der Waals surface area contributed by atoms with Gasteiger partial charge >= 0.3 is 6.09 Å². The third-order valence-corrected chi connectivity index (χ3v) is 11.7. The van der Waals surface area contributed by atoms with E-state index < -0.39 is 44.4 Å². The van der Waals surface area contributed by atoms with Crippen LogP contribution in [0.5, 0.6) is 0 Å². The second kappa shape index (κ2) is 15.5. The number of carbonyl (C=O) groups excluding carboxylic acids is 3. The van der Waals surface area contributed by atoms with Gasteiger partial charge in [0.1, 0.15) is 12.6 Å². The molecule has 2 aromatic carbocycles. The van der Waals surface area contributed by atoms with Crippen LogP contribution < -0.4 is 16.0 Å². The smallest absolute Gasteiger partial charge is 0.408 e. The molecule has 3 atom stereocenters. The van der Waals surface area contributed by atoms with E-state index in [0.29, 0.717) is 13.0 Å². The number of hydrogen-bond donors (Lipinski definition) is 4. The molecule has 40 heavy (non-hydrogen) atoms. The Morgan fingerprint density at radius 2 is 1.48 bits per heavy atom. The lowest BCUT2D eigenvalue weighted by atomic mass is 10.1. The Bertz CT molecular complexity index is 1080. The van der Waals surface area contributed by atoms with Gasteiger partial charge in [0.05, 0.1) is 6.04 Å². The minimum absolute atomic E-state index is 0.0162. The molecular weight excluding hydrogens is 526 g/mol. The van der Waals surface area contributed by atoms with Crippen molar-refractivity contribution in [2.24, 2.45) is 0 Å². The van der Waals surface area contributed by atoms with Gasteiger partial charge in [0.25, 0.3) is 5.91 Å². The van der Waals surface area contributed by atoms with Crippen LogP contribution in [0, 0.1) is 0 Å². The van der Waals surface area contributed by atoms with Crippen LogP contribution in [-0.2, 0) is 31.8 Å². The predicted octanol–water partition coefficient (Wildman–Crippen LogP) is 3.92. The van der Waals surface area contributed by atoms with Crippen LogP contribution in [0.1, 0.15) is 45.2 Å². The molecule has 0 aliphatic rings. The molecule has 0 saturated carbocycles. The van der Waals surface area contributed by atoms with Crippen LogP contribution in [0.4, 0.5) is 4.79 Å². The van der Waals surface area contributed by atoms with Crippen molar-refractivity contribution in [1.29, 1.82) is 0 Å². The molecule has 0 bridgehead atoms. The molecule has 0 heterocycles. The zero-order chi connectivity index (χ0) is 29.8. The maximum absolute atomic E-state index is 13.0. The molecule has 0 aliphatic heterocycles. The molecule has 0 aliphatic carbocycles. The fourth-order valence-corrected chi connectivity index (χ4v) is 4.60. The summed E-state index contributed by atoms with van der Waals surface area (Å²) in [6.45, 7) is 12.8. The Kier molecular flexibility index (Phi) is 12.8. The van der Waals surface area contributed by atoms with Crippen LogP contribution >= 0.6 is 0 Å². The molecule has 2 rings (SSSR count). The van der Waals surface area contributed by atoms with Gasteiger partial charge in [-0.25, -0.2) is 4.79 Å². The summed E-state index contributed by atoms with van der Waals surface area (Å²) < 4.78 is 11.4. The summed E-state index contributed by atoms with van der Waals surface area (Å²) in [6.07, 6.45) is -1.42. The van der Waals surface area contributed by atoms with Crippen LogP contribution in [-0.4, -0.2) is 62.7 Å². The standard InChI is InChI=1S/C30H45N3O6Si/c1-22(32-29(37)38-21-24-15-11-8-12-16-24)27(35)33-25(18-20-39-40(5,6)30(2,3)4)26(34)28(36)31-19-17-23-13-9-7-10-14-23/h7-16,22,25-26,34H,17-21H2,1-6H3,(H,31,36)(H,32,37)(H,33,35)/t22-,25?,26?/m0/s1. The number of carbonyl (C=O) groups is 3. The van der Waals surface area contributed by atoms with Crippen molar-refractivity contribution in [2.75, 3.05) is 13.2 Å². The first-order valence-corrected chi connectivity index (χ1v) is 16.6. The second-order valence-electron chi connectivity index (χ2n) is 11.4. The lowest BCUT2D eigenvalue weighted by Gasteiger charge is -2.36. The summed E-state index contributed by atoms with van der Waals surface area (Å²) in [7, 11) is -2.08. The Hall–Kier alpha value is -3.21. The number of ether oxygens (including phenoxy) is 1. The van der Waals surface area contributed by atoms with E-state index in [0.717, 1.165) is 11.1 Å². The highest BCUT2D eigenvalue weighted by Gasteiger charge is 2.38. The summed E-state index contributed by atoms with van der Waals surface area (Å²) in [4.78, 5) is 38.0. The van der Waals surface area contributed by atoms with E-state index >= 15 is 0 Å². The summed E-state index contributed by atoms with van der Waals surface area (Å²) in [6, 6.07) is 17.0. The normalized spacial score (nSPS) is 14.0. The fraction of sp³-hybridized carbons (Fsp3) is 0.500. The number of rotatable bonds is 14. The first-order chi connectivity index (χ1) is 18.8. The fourth-order valence-electron chi connectivity index (χ4n) is 3.54. The third-order valence-electron chi connectivity index (χ3n) is 7.17. The predicted molar refractivity (Wildman–Crippen MR) is 158 cm³/mol. The molecule has 10 heteroatoms. The zero-order valence-electron chi connectivity index (χ0n) is 24.5. The van der Waals surface area contributed by atoms with Gasteiger partial charge in [-0.15, -0.1) is 0 Å². The number of nitrogens with one attached hydrogen (secondary N) is 3. The molecule has 0 radical (unpaired) electrons. The highest BCUT2D eigenvalue weighted by molar-refractivity contribution is 6.74. The van der Waals surface area contributed by atoms with Crippen molar-refractivity contribution < 1.29 is 28.7 Å². The summed E-state index contributed by atoms with van der Waals surface area (Å²) in [5.41, 5.74) is 1.88. The molecule has 2 unspecified atom stereocenters. The highest BCUT2D eigenvalue weighted by Crippen LogP contribution is 2.36. The highest BCUT2D eigenvalue weighted by atomic mass is 28.4. The summed E-state index contributed by atoms with van der Waals surface area (Å²) in [5.74, 6) is -1.14. The Morgan fingerprint density at radius 1 is 0.900 bits per heavy atom. The van der Waals surface area contributed by atoms with Crippen LogP contribution in [0.15, 0.2) is 60.7 Å². The SMILES string of the molecule is C[C@H](NC(=O)OCc1ccccc1)C(=O)NC(CCO[Si](C)(C)C(C)(C)C)C(O)C(=O)NCCc1ccccc1. The number of amides is 3. The molecule has 0 saturated heterocycles. The third kappa shape index (κ3) is 11.1. The quantitative estimate of drug-likeness (QED) is 0.255. The van der Waals surface area contributed by atoms with Crippen molar-refractivity contribution in [3.63, 3.8) is 0 Å². The van der Waals surface area contributed by atoms with E-state index in [1.807, 2.05) is 60.7 Å². The van der Waals surface area contributed by atoms with Gasteiger partial charge in [0.2, 0.25) is 5.91 Å². The monoisotopic (exact) mass is 571 g/mol. The number of benzene rings is 2. The van der Waals surface area contributed by atoms with E-state index in [2.05, 4.69) is 49.8 Å². The summed E-state index contributed by atoms with van der Waals surface area (Å²) in [5, 5.41) is 18.9. The largest absolute Gasteiger partial charge is 0.445 e. The van der Waals surface area contributed by atoms with Crippen molar-refractivity contribution in [2.45, 2.75) is 83.5 Å². The van der Waals surface area contributed by atoms with E-state index in [9.17, 15) is 19.5 Å². The van der Waals surface area contributed by atoms with Crippen LogP contribution in [0.25, 0.3) is 0 Å². The topological polar surface area (TPSA) is 126 Å². The molecule has 0 aromatic heterocycles. The van der Waals surface area contributed by atoms with Crippen molar-refractivity contribution in [3.05, 3.63) is 71.8 Å². The summed E-state index contributed by atoms with van der Waals surface area (Å²) >= 11 is 0. The lowest BCUT2D eigenvalue weighted by Crippen LogP contribution is -2.55. The van der Waals surface area contributed by atoms with Crippen molar-refractivity contribution in [3.8, 4) is 0 Å². The molecule has 3 amide bonds. The van der Waals surface area contributed by atoms with Gasteiger partial charge in [-0.3, -0.25) is 9.59 Å². The Labute approximate surface area is 239 Å². The number of hydrogen-bond acceptors (Lipinski definition) is 6. The van der Waals surface area contributed by atoms with E-state index in [4.69, 9.17) is 9.16 Å². The van der Waals surface area contributed by atoms with Gasteiger partial charge in [0, 0.05) is 13.2 Å². The minimum atomic E-state index is -2.08. The molecule has 0 spiro atoms. The maximum atomic E-state index is 13.0. The van der Waals surface area contributed by atoms with Gasteiger partial charge in [-0.1, -0.05) is 81.4 Å².